The van der Waals surface area contributed by atoms with Crippen molar-refractivity contribution in [1.29, 1.82) is 0 Å². The smallest absolute Gasteiger partial charge is 0.239 e. The number of anilines is 1. The highest BCUT2D eigenvalue weighted by Crippen LogP contribution is 2.27. The molecule has 1 rings (SSSR count). The molecule has 19 heavy (non-hydrogen) atoms. The molecule has 1 unspecified atom stereocenters. The van der Waals surface area contributed by atoms with Crippen molar-refractivity contribution >= 4 is 23.2 Å². The normalized spacial score (nSPS) is 12.1. The van der Waals surface area contributed by atoms with Gasteiger partial charge in [-0.25, -0.2) is 0 Å². The van der Waals surface area contributed by atoms with Gasteiger partial charge in [0.05, 0.1) is 12.6 Å². The van der Waals surface area contributed by atoms with Gasteiger partial charge < -0.3 is 15.3 Å². The third kappa shape index (κ3) is 4.40. The summed E-state index contributed by atoms with van der Waals surface area (Å²) in [6.45, 7) is 4.81. The molecule has 106 valence electrons. The Hall–Kier alpha value is -1.26. The number of aliphatic hydroxyl groups excluding tert-OH is 1. The Labute approximate surface area is 119 Å². The van der Waals surface area contributed by atoms with E-state index in [9.17, 15) is 9.90 Å². The SMILES string of the molecule is CCCN(CC(=O)NC)c1ccc(C(C)O)c(Cl)c1. The summed E-state index contributed by atoms with van der Waals surface area (Å²) in [4.78, 5) is 13.5. The fourth-order valence-electron chi connectivity index (χ4n) is 1.87. The first-order valence-electron chi connectivity index (χ1n) is 6.42. The number of hydrogen-bond donors (Lipinski definition) is 2. The van der Waals surface area contributed by atoms with Gasteiger partial charge in [0, 0.05) is 24.3 Å². The lowest BCUT2D eigenvalue weighted by Gasteiger charge is -2.24. The van der Waals surface area contributed by atoms with Crippen LogP contribution in [-0.2, 0) is 4.79 Å². The maximum atomic E-state index is 11.5. The number of carbonyl (C=O) groups excluding carboxylic acids is 1. The summed E-state index contributed by atoms with van der Waals surface area (Å²) in [7, 11) is 1.62. The molecular formula is C14H21ClN2O2. The standard InChI is InChI=1S/C14H21ClN2O2/c1-4-7-17(9-14(19)16-3)11-5-6-12(10(2)18)13(15)8-11/h5-6,8,10,18H,4,7,9H2,1-3H3,(H,16,19). The molecule has 0 saturated carbocycles. The zero-order chi connectivity index (χ0) is 14.4. The van der Waals surface area contributed by atoms with Crippen LogP contribution in [0, 0.1) is 0 Å². The lowest BCUT2D eigenvalue weighted by atomic mass is 10.1. The molecular weight excluding hydrogens is 264 g/mol. The molecule has 0 saturated heterocycles. The highest BCUT2D eigenvalue weighted by atomic mass is 35.5. The van der Waals surface area contributed by atoms with Gasteiger partial charge in [-0.1, -0.05) is 24.6 Å². The molecule has 0 aliphatic heterocycles. The van der Waals surface area contributed by atoms with Crippen LogP contribution in [0.15, 0.2) is 18.2 Å². The lowest BCUT2D eigenvalue weighted by molar-refractivity contribution is -0.119. The van der Waals surface area contributed by atoms with Gasteiger partial charge in [-0.2, -0.15) is 0 Å². The number of amides is 1. The Kier molecular flexibility index (Phi) is 6.12. The Morgan fingerprint density at radius 1 is 1.53 bits per heavy atom. The summed E-state index contributed by atoms with van der Waals surface area (Å²) < 4.78 is 0. The minimum Gasteiger partial charge on any atom is -0.389 e. The minimum atomic E-state index is -0.597. The van der Waals surface area contributed by atoms with Gasteiger partial charge in [-0.05, 0) is 31.0 Å². The van der Waals surface area contributed by atoms with Crippen LogP contribution < -0.4 is 10.2 Å². The molecule has 1 aromatic carbocycles. The second-order valence-corrected chi connectivity index (χ2v) is 4.88. The molecule has 0 radical (unpaired) electrons. The Morgan fingerprint density at radius 3 is 2.68 bits per heavy atom. The Morgan fingerprint density at radius 2 is 2.21 bits per heavy atom. The number of halogens is 1. The number of nitrogens with one attached hydrogen (secondary N) is 1. The van der Waals surface area contributed by atoms with Crippen LogP contribution in [0.5, 0.6) is 0 Å². The van der Waals surface area contributed by atoms with Crippen LogP contribution in [0.1, 0.15) is 31.9 Å². The van der Waals surface area contributed by atoms with E-state index in [1.165, 1.54) is 0 Å². The second kappa shape index (κ2) is 7.36. The first-order valence-corrected chi connectivity index (χ1v) is 6.80. The van der Waals surface area contributed by atoms with E-state index in [-0.39, 0.29) is 5.91 Å². The van der Waals surface area contributed by atoms with Gasteiger partial charge in [0.1, 0.15) is 0 Å². The van der Waals surface area contributed by atoms with Crippen molar-refractivity contribution in [2.24, 2.45) is 0 Å². The molecule has 5 heteroatoms. The number of aliphatic hydroxyl groups is 1. The van der Waals surface area contributed by atoms with Crippen LogP contribution in [-0.4, -0.2) is 31.2 Å². The van der Waals surface area contributed by atoms with E-state index in [1.807, 2.05) is 11.0 Å². The van der Waals surface area contributed by atoms with Crippen molar-refractivity contribution in [1.82, 2.24) is 5.32 Å². The van der Waals surface area contributed by atoms with Gasteiger partial charge in [0.15, 0.2) is 0 Å². The number of benzene rings is 1. The van der Waals surface area contributed by atoms with Gasteiger partial charge in [0.25, 0.3) is 0 Å². The molecule has 1 aromatic rings. The largest absolute Gasteiger partial charge is 0.389 e. The van der Waals surface area contributed by atoms with Crippen molar-refractivity contribution < 1.29 is 9.90 Å². The van der Waals surface area contributed by atoms with Crippen LogP contribution in [0.25, 0.3) is 0 Å². The molecule has 4 nitrogen and oxygen atoms in total. The van der Waals surface area contributed by atoms with Crippen LogP contribution in [0.4, 0.5) is 5.69 Å². The van der Waals surface area contributed by atoms with Crippen LogP contribution >= 0.6 is 11.6 Å². The topological polar surface area (TPSA) is 52.6 Å². The van der Waals surface area contributed by atoms with E-state index < -0.39 is 6.10 Å². The zero-order valence-electron chi connectivity index (χ0n) is 11.6. The fourth-order valence-corrected chi connectivity index (χ4v) is 2.21. The first-order chi connectivity index (χ1) is 8.99. The Bertz CT molecular complexity index is 435. The first kappa shape index (κ1) is 15.8. The summed E-state index contributed by atoms with van der Waals surface area (Å²) in [5.41, 5.74) is 1.58. The lowest BCUT2D eigenvalue weighted by Crippen LogP contribution is -2.36. The number of likely N-dealkylation sites (N-methyl/N-ethyl adjacent to an activating group) is 1. The highest BCUT2D eigenvalue weighted by molar-refractivity contribution is 6.31. The number of hydrogen-bond acceptors (Lipinski definition) is 3. The predicted molar refractivity (Wildman–Crippen MR) is 78.7 cm³/mol. The van der Waals surface area contributed by atoms with Crippen molar-refractivity contribution in [2.75, 3.05) is 25.0 Å². The van der Waals surface area contributed by atoms with Crippen molar-refractivity contribution in [3.8, 4) is 0 Å². The highest BCUT2D eigenvalue weighted by Gasteiger charge is 2.13. The van der Waals surface area contributed by atoms with E-state index in [0.29, 0.717) is 17.1 Å². The molecule has 0 spiro atoms. The number of rotatable bonds is 6. The molecule has 0 aliphatic rings. The van der Waals surface area contributed by atoms with E-state index in [0.717, 1.165) is 18.7 Å². The third-order valence-corrected chi connectivity index (χ3v) is 3.23. The Balaban J connectivity index is 2.96. The van der Waals surface area contributed by atoms with E-state index in [4.69, 9.17) is 11.6 Å². The molecule has 0 heterocycles. The molecule has 0 aromatic heterocycles. The van der Waals surface area contributed by atoms with Gasteiger partial charge in [-0.3, -0.25) is 4.79 Å². The van der Waals surface area contributed by atoms with Crippen LogP contribution in [0.3, 0.4) is 0 Å². The summed E-state index contributed by atoms with van der Waals surface area (Å²) in [5.74, 6) is -0.0378. The number of nitrogens with zero attached hydrogens (tertiary/aromatic N) is 1. The molecule has 2 N–H and O–H groups in total. The van der Waals surface area contributed by atoms with Gasteiger partial charge >= 0.3 is 0 Å². The molecule has 0 aliphatic carbocycles. The molecule has 0 bridgehead atoms. The third-order valence-electron chi connectivity index (χ3n) is 2.91. The van der Waals surface area contributed by atoms with Crippen molar-refractivity contribution in [3.63, 3.8) is 0 Å². The maximum absolute atomic E-state index is 11.5. The summed E-state index contributed by atoms with van der Waals surface area (Å²) in [5, 5.41) is 12.7. The molecule has 0 fully saturated rings. The van der Waals surface area contributed by atoms with E-state index in [2.05, 4.69) is 12.2 Å². The maximum Gasteiger partial charge on any atom is 0.239 e. The average molecular weight is 285 g/mol. The molecule has 1 amide bonds. The quantitative estimate of drug-likeness (QED) is 0.843. The average Bonchev–Trinajstić information content (AvgIpc) is 2.37. The van der Waals surface area contributed by atoms with E-state index >= 15 is 0 Å². The summed E-state index contributed by atoms with van der Waals surface area (Å²) in [6.07, 6.45) is 0.340. The minimum absolute atomic E-state index is 0.0378. The predicted octanol–water partition coefficient (Wildman–Crippen LogP) is 2.36. The number of carbonyl (C=O) groups is 1. The van der Waals surface area contributed by atoms with E-state index in [1.54, 1.807) is 26.1 Å². The molecule has 1 atom stereocenters. The second-order valence-electron chi connectivity index (χ2n) is 4.48. The van der Waals surface area contributed by atoms with Gasteiger partial charge in [-0.15, -0.1) is 0 Å². The van der Waals surface area contributed by atoms with Gasteiger partial charge in [0.2, 0.25) is 5.91 Å². The van der Waals surface area contributed by atoms with Crippen LogP contribution in [0.2, 0.25) is 5.02 Å². The van der Waals surface area contributed by atoms with Crippen molar-refractivity contribution in [2.45, 2.75) is 26.4 Å². The zero-order valence-corrected chi connectivity index (χ0v) is 12.4. The van der Waals surface area contributed by atoms with Crippen molar-refractivity contribution in [3.05, 3.63) is 28.8 Å². The summed E-state index contributed by atoms with van der Waals surface area (Å²) in [6, 6.07) is 5.48. The fraction of sp³-hybridized carbons (Fsp3) is 0.500. The summed E-state index contributed by atoms with van der Waals surface area (Å²) >= 11 is 6.15. The monoisotopic (exact) mass is 284 g/mol.